The molecule has 0 aromatic heterocycles. The molecular weight excluding hydrogens is 250 g/mol. The number of carboxylic acid groups (broad SMARTS) is 1. The molecule has 0 unspecified atom stereocenters. The summed E-state index contributed by atoms with van der Waals surface area (Å²) in [4.78, 5) is 34.7. The van der Waals surface area contributed by atoms with Crippen LogP contribution in [0.1, 0.15) is 19.4 Å². The summed E-state index contributed by atoms with van der Waals surface area (Å²) in [5.74, 6) is -2.42. The predicted octanol–water partition coefficient (Wildman–Crippen LogP) is 0.783. The number of nitrogens with zero attached hydrogens (tertiary/aromatic N) is 1. The van der Waals surface area contributed by atoms with E-state index in [4.69, 9.17) is 10.2 Å². The van der Waals surface area contributed by atoms with Crippen LogP contribution >= 0.6 is 0 Å². The first-order chi connectivity index (χ1) is 8.82. The average molecular weight is 265 g/mol. The van der Waals surface area contributed by atoms with E-state index in [1.165, 1.54) is 12.1 Å². The van der Waals surface area contributed by atoms with Crippen LogP contribution in [0.2, 0.25) is 0 Å². The highest BCUT2D eigenvalue weighted by Crippen LogP contribution is 2.14. The average Bonchev–Trinajstić information content (AvgIpc) is 2.29. The number of carbonyl (C=O) groups is 3. The molecule has 2 amide bonds. The second kappa shape index (κ2) is 5.99. The van der Waals surface area contributed by atoms with E-state index in [2.05, 4.69) is 0 Å². The molecule has 6 nitrogen and oxygen atoms in total. The summed E-state index contributed by atoms with van der Waals surface area (Å²) < 4.78 is 0. The molecule has 1 rings (SSSR count). The Morgan fingerprint density at radius 3 is 1.95 bits per heavy atom. The van der Waals surface area contributed by atoms with E-state index in [1.807, 2.05) is 0 Å². The number of aliphatic carboxylic acids is 1. The van der Waals surface area contributed by atoms with Crippen molar-refractivity contribution in [1.29, 1.82) is 0 Å². The standard InChI is InChI=1S/C13H15NO5/c1-8(15)14(9(2)16)12(13(18)19)7-10-3-5-11(17)6-4-10/h3-6,12,17H,7H2,1-2H3,(H,18,19)/t12-/m0/s1. The largest absolute Gasteiger partial charge is 0.508 e. The summed E-state index contributed by atoms with van der Waals surface area (Å²) in [6, 6.07) is 4.67. The fraction of sp³-hybridized carbons (Fsp3) is 0.308. The number of aromatic hydroxyl groups is 1. The molecule has 1 atom stereocenters. The molecule has 0 heterocycles. The molecule has 1 aromatic carbocycles. The fourth-order valence-corrected chi connectivity index (χ4v) is 1.80. The van der Waals surface area contributed by atoms with Gasteiger partial charge in [-0.3, -0.25) is 14.5 Å². The van der Waals surface area contributed by atoms with E-state index in [9.17, 15) is 14.4 Å². The number of hydrogen-bond donors (Lipinski definition) is 2. The number of hydrogen-bond acceptors (Lipinski definition) is 4. The summed E-state index contributed by atoms with van der Waals surface area (Å²) in [6.45, 7) is 2.29. The van der Waals surface area contributed by atoms with Crippen molar-refractivity contribution in [3.05, 3.63) is 29.8 Å². The zero-order valence-electron chi connectivity index (χ0n) is 10.7. The van der Waals surface area contributed by atoms with Crippen LogP contribution in [0.4, 0.5) is 0 Å². The highest BCUT2D eigenvalue weighted by molar-refractivity contribution is 5.97. The van der Waals surface area contributed by atoms with E-state index in [0.717, 1.165) is 18.7 Å². The smallest absolute Gasteiger partial charge is 0.327 e. The van der Waals surface area contributed by atoms with Gasteiger partial charge in [0.05, 0.1) is 0 Å². The molecule has 0 radical (unpaired) electrons. The lowest BCUT2D eigenvalue weighted by molar-refractivity contribution is -0.156. The van der Waals surface area contributed by atoms with Crippen molar-refractivity contribution >= 4 is 17.8 Å². The minimum absolute atomic E-state index is 0.00519. The van der Waals surface area contributed by atoms with Crippen molar-refractivity contribution in [2.45, 2.75) is 26.3 Å². The van der Waals surface area contributed by atoms with Gasteiger partial charge < -0.3 is 10.2 Å². The van der Waals surface area contributed by atoms with Crippen LogP contribution in [-0.2, 0) is 20.8 Å². The first kappa shape index (κ1) is 14.7. The normalized spacial score (nSPS) is 11.7. The molecule has 0 aliphatic carbocycles. The Morgan fingerprint density at radius 2 is 1.58 bits per heavy atom. The van der Waals surface area contributed by atoms with Crippen molar-refractivity contribution in [3.8, 4) is 5.75 Å². The Hall–Kier alpha value is -2.37. The van der Waals surface area contributed by atoms with Gasteiger partial charge in [0, 0.05) is 20.3 Å². The molecular formula is C13H15NO5. The van der Waals surface area contributed by atoms with Crippen LogP contribution in [0.15, 0.2) is 24.3 Å². The number of amides is 2. The van der Waals surface area contributed by atoms with E-state index in [1.54, 1.807) is 12.1 Å². The fourth-order valence-electron chi connectivity index (χ4n) is 1.80. The lowest BCUT2D eigenvalue weighted by Gasteiger charge is -2.24. The Morgan fingerprint density at radius 1 is 1.11 bits per heavy atom. The van der Waals surface area contributed by atoms with E-state index in [-0.39, 0.29) is 12.2 Å². The minimum atomic E-state index is -1.25. The predicted molar refractivity (Wildman–Crippen MR) is 66.4 cm³/mol. The lowest BCUT2D eigenvalue weighted by atomic mass is 10.0. The highest BCUT2D eigenvalue weighted by Gasteiger charge is 2.30. The Kier molecular flexibility index (Phi) is 4.63. The third kappa shape index (κ3) is 3.80. The number of phenols is 1. The number of carbonyl (C=O) groups excluding carboxylic acids is 2. The van der Waals surface area contributed by atoms with Gasteiger partial charge in [0.15, 0.2) is 0 Å². The lowest BCUT2D eigenvalue weighted by Crippen LogP contribution is -2.48. The maximum absolute atomic E-state index is 11.4. The monoisotopic (exact) mass is 265 g/mol. The number of rotatable bonds is 4. The van der Waals surface area contributed by atoms with Gasteiger partial charge >= 0.3 is 5.97 Å². The molecule has 0 aliphatic rings. The molecule has 102 valence electrons. The third-order valence-electron chi connectivity index (χ3n) is 2.64. The summed E-state index contributed by atoms with van der Waals surface area (Å²) in [6.07, 6.45) is -0.00519. The van der Waals surface area contributed by atoms with Crippen LogP contribution in [-0.4, -0.2) is 38.9 Å². The number of carboxylic acids is 1. The summed E-state index contributed by atoms with van der Waals surface area (Å²) in [5.41, 5.74) is 0.609. The zero-order chi connectivity index (χ0) is 14.6. The van der Waals surface area contributed by atoms with Gasteiger partial charge in [-0.2, -0.15) is 0 Å². The molecule has 2 N–H and O–H groups in total. The molecule has 0 fully saturated rings. The molecule has 6 heteroatoms. The summed E-state index contributed by atoms with van der Waals surface area (Å²) >= 11 is 0. The zero-order valence-corrected chi connectivity index (χ0v) is 10.7. The van der Waals surface area contributed by atoms with Crippen LogP contribution < -0.4 is 0 Å². The van der Waals surface area contributed by atoms with E-state index >= 15 is 0 Å². The van der Waals surface area contributed by atoms with Crippen molar-refractivity contribution in [3.63, 3.8) is 0 Å². The Balaban J connectivity index is 3.01. The van der Waals surface area contributed by atoms with Crippen LogP contribution in [0, 0.1) is 0 Å². The van der Waals surface area contributed by atoms with Crippen LogP contribution in [0.3, 0.4) is 0 Å². The molecule has 0 aliphatic heterocycles. The third-order valence-corrected chi connectivity index (χ3v) is 2.64. The van der Waals surface area contributed by atoms with Gasteiger partial charge in [0.2, 0.25) is 11.8 Å². The molecule has 0 saturated heterocycles. The van der Waals surface area contributed by atoms with Gasteiger partial charge in [-0.25, -0.2) is 4.79 Å². The SMILES string of the molecule is CC(=O)N(C(C)=O)[C@@H](Cc1ccc(O)cc1)C(=O)O. The molecule has 0 saturated carbocycles. The Bertz CT molecular complexity index is 480. The molecule has 0 spiro atoms. The molecule has 19 heavy (non-hydrogen) atoms. The number of benzene rings is 1. The summed E-state index contributed by atoms with van der Waals surface area (Å²) in [7, 11) is 0. The first-order valence-corrected chi connectivity index (χ1v) is 5.64. The maximum Gasteiger partial charge on any atom is 0.327 e. The van der Waals surface area contributed by atoms with E-state index in [0.29, 0.717) is 5.56 Å². The van der Waals surface area contributed by atoms with Crippen LogP contribution in [0.25, 0.3) is 0 Å². The Labute approximate surface area is 110 Å². The van der Waals surface area contributed by atoms with Crippen LogP contribution in [0.5, 0.6) is 5.75 Å². The number of phenolic OH excluding ortho intramolecular Hbond substituents is 1. The molecule has 0 bridgehead atoms. The minimum Gasteiger partial charge on any atom is -0.508 e. The van der Waals surface area contributed by atoms with Crippen molar-refractivity contribution in [2.24, 2.45) is 0 Å². The van der Waals surface area contributed by atoms with Gasteiger partial charge in [-0.15, -0.1) is 0 Å². The van der Waals surface area contributed by atoms with Gasteiger partial charge in [-0.05, 0) is 17.7 Å². The second-order valence-corrected chi connectivity index (χ2v) is 4.13. The van der Waals surface area contributed by atoms with Gasteiger partial charge in [0.1, 0.15) is 11.8 Å². The second-order valence-electron chi connectivity index (χ2n) is 4.13. The first-order valence-electron chi connectivity index (χ1n) is 5.64. The summed E-state index contributed by atoms with van der Waals surface area (Å²) in [5, 5.41) is 18.3. The van der Waals surface area contributed by atoms with Gasteiger partial charge in [-0.1, -0.05) is 12.1 Å². The van der Waals surface area contributed by atoms with E-state index < -0.39 is 23.8 Å². The van der Waals surface area contributed by atoms with Gasteiger partial charge in [0.25, 0.3) is 0 Å². The topological polar surface area (TPSA) is 94.9 Å². The highest BCUT2D eigenvalue weighted by atomic mass is 16.4. The van der Waals surface area contributed by atoms with Crippen molar-refractivity contribution in [2.75, 3.05) is 0 Å². The van der Waals surface area contributed by atoms with Crippen molar-refractivity contribution < 1.29 is 24.6 Å². The number of imide groups is 1. The molecule has 1 aromatic rings. The quantitative estimate of drug-likeness (QED) is 0.839. The maximum atomic E-state index is 11.4. The van der Waals surface area contributed by atoms with Crippen molar-refractivity contribution in [1.82, 2.24) is 4.90 Å².